The van der Waals surface area contributed by atoms with Gasteiger partial charge in [-0.15, -0.1) is 0 Å². The summed E-state index contributed by atoms with van der Waals surface area (Å²) >= 11 is 0. The van der Waals surface area contributed by atoms with Crippen molar-refractivity contribution < 1.29 is 5.11 Å². The Kier molecular flexibility index (Phi) is 6.51. The summed E-state index contributed by atoms with van der Waals surface area (Å²) < 4.78 is 0. The van der Waals surface area contributed by atoms with E-state index in [0.29, 0.717) is 5.75 Å². The summed E-state index contributed by atoms with van der Waals surface area (Å²) in [6.45, 7) is 4.37. The van der Waals surface area contributed by atoms with Gasteiger partial charge in [-0.25, -0.2) is 0 Å². The number of rotatable bonds is 7. The van der Waals surface area contributed by atoms with Gasteiger partial charge in [-0.1, -0.05) is 63.3 Å². The Bertz CT molecular complexity index is 549. The minimum absolute atomic E-state index is 0.363. The fraction of sp³-hybridized carbons (Fsp3) is 0.429. The smallest absolute Gasteiger partial charge is 0.115 e. The van der Waals surface area contributed by atoms with E-state index in [0.717, 1.165) is 6.42 Å². The van der Waals surface area contributed by atoms with Gasteiger partial charge in [-0.2, -0.15) is 0 Å². The molecule has 0 bridgehead atoms. The largest absolute Gasteiger partial charge is 0.508 e. The Hall–Kier alpha value is -1.76. The van der Waals surface area contributed by atoms with Crippen molar-refractivity contribution in [2.24, 2.45) is 0 Å². The number of unbranched alkanes of at least 4 members (excludes halogenated alkanes) is 5. The Balaban J connectivity index is 0.000000205. The molecule has 0 heterocycles. The standard InChI is InChI=1S/C14H22O.C7H6/c1-2-3-4-5-6-7-8-13-9-11-14(15)12-10-13;1-5-2-6-4-7(6)3-5/h9-12,15H,2-8H2,1H3;2-4H,1H3. The molecule has 3 rings (SSSR count). The molecule has 22 heavy (non-hydrogen) atoms. The molecule has 1 nitrogen and oxygen atoms in total. The molecule has 1 aromatic carbocycles. The zero-order valence-corrected chi connectivity index (χ0v) is 13.9. The molecule has 0 aromatic heterocycles. The van der Waals surface area contributed by atoms with E-state index < -0.39 is 0 Å². The van der Waals surface area contributed by atoms with E-state index >= 15 is 0 Å². The van der Waals surface area contributed by atoms with E-state index in [1.807, 2.05) is 12.1 Å². The number of aryl methyl sites for hydroxylation is 2. The molecule has 2 aliphatic carbocycles. The van der Waals surface area contributed by atoms with Crippen molar-refractivity contribution in [2.45, 2.75) is 58.8 Å². The molecule has 0 amide bonds. The number of aromatic hydroxyl groups is 1. The Morgan fingerprint density at radius 1 is 0.773 bits per heavy atom. The number of fused-ring (bicyclic) bond motifs is 1. The maximum atomic E-state index is 9.13. The Labute approximate surface area is 135 Å². The van der Waals surface area contributed by atoms with Crippen molar-refractivity contribution in [1.29, 1.82) is 0 Å². The van der Waals surface area contributed by atoms with E-state index in [1.165, 1.54) is 60.8 Å². The normalized spacial score (nSPS) is 10.8. The van der Waals surface area contributed by atoms with Crippen LogP contribution in [0, 0.1) is 6.92 Å². The number of benzene rings is 2. The summed E-state index contributed by atoms with van der Waals surface area (Å²) in [6, 6.07) is 14.2. The number of phenolic OH excluding ortho intramolecular Hbond substituents is 1. The van der Waals surface area contributed by atoms with E-state index in [9.17, 15) is 0 Å². The molecule has 1 heteroatoms. The maximum absolute atomic E-state index is 9.13. The third kappa shape index (κ3) is 5.93. The van der Waals surface area contributed by atoms with Crippen LogP contribution in [0.5, 0.6) is 5.75 Å². The van der Waals surface area contributed by atoms with Crippen LogP contribution >= 0.6 is 0 Å². The summed E-state index contributed by atoms with van der Waals surface area (Å²) in [4.78, 5) is 0. The highest BCUT2D eigenvalue weighted by Crippen LogP contribution is 2.35. The second kappa shape index (κ2) is 8.63. The highest BCUT2D eigenvalue weighted by molar-refractivity contribution is 5.82. The van der Waals surface area contributed by atoms with Gasteiger partial charge in [0.05, 0.1) is 0 Å². The third-order valence-electron chi connectivity index (χ3n) is 4.08. The van der Waals surface area contributed by atoms with Crippen molar-refractivity contribution >= 4 is 0 Å². The van der Waals surface area contributed by atoms with E-state index in [2.05, 4.69) is 32.0 Å². The lowest BCUT2D eigenvalue weighted by Gasteiger charge is -2.02. The molecular formula is C21H28O. The third-order valence-corrected chi connectivity index (χ3v) is 4.08. The predicted octanol–water partition coefficient (Wildman–Crippen LogP) is 6.27. The van der Waals surface area contributed by atoms with Gasteiger partial charge >= 0.3 is 0 Å². The average Bonchev–Trinajstić information content (AvgIpc) is 3.12. The molecule has 0 aliphatic heterocycles. The van der Waals surface area contributed by atoms with Crippen molar-refractivity contribution in [3.8, 4) is 16.9 Å². The van der Waals surface area contributed by atoms with Crippen LogP contribution in [0.3, 0.4) is 0 Å². The summed E-state index contributed by atoms with van der Waals surface area (Å²) in [5, 5.41) is 9.13. The molecular weight excluding hydrogens is 268 g/mol. The summed E-state index contributed by atoms with van der Waals surface area (Å²) in [5.41, 5.74) is 5.62. The van der Waals surface area contributed by atoms with Crippen molar-refractivity contribution in [3.05, 3.63) is 53.6 Å². The van der Waals surface area contributed by atoms with Crippen molar-refractivity contribution in [3.63, 3.8) is 0 Å². The van der Waals surface area contributed by atoms with Gasteiger partial charge < -0.3 is 5.11 Å². The van der Waals surface area contributed by atoms with Gasteiger partial charge in [0, 0.05) is 0 Å². The molecule has 0 saturated carbocycles. The number of phenols is 1. The molecule has 1 aromatic rings. The summed E-state index contributed by atoms with van der Waals surface area (Å²) in [5.74, 6) is 0.363. The van der Waals surface area contributed by atoms with E-state index in [-0.39, 0.29) is 0 Å². The zero-order valence-electron chi connectivity index (χ0n) is 13.9. The van der Waals surface area contributed by atoms with Gasteiger partial charge in [0.15, 0.2) is 0 Å². The minimum atomic E-state index is 0.363. The van der Waals surface area contributed by atoms with Gasteiger partial charge in [0.25, 0.3) is 0 Å². The molecule has 2 aliphatic rings. The quantitative estimate of drug-likeness (QED) is 0.509. The second-order valence-corrected chi connectivity index (χ2v) is 6.27. The lowest BCUT2D eigenvalue weighted by atomic mass is 10.1. The Morgan fingerprint density at radius 2 is 1.36 bits per heavy atom. The first-order valence-electron chi connectivity index (χ1n) is 8.59. The summed E-state index contributed by atoms with van der Waals surface area (Å²) in [6.07, 6.45) is 9.19. The number of hydrogen-bond acceptors (Lipinski definition) is 1. The predicted molar refractivity (Wildman–Crippen MR) is 95.4 cm³/mol. The first-order valence-corrected chi connectivity index (χ1v) is 8.59. The number of hydrogen-bond donors (Lipinski definition) is 1. The summed E-state index contributed by atoms with van der Waals surface area (Å²) in [7, 11) is 0. The second-order valence-electron chi connectivity index (χ2n) is 6.27. The van der Waals surface area contributed by atoms with E-state index in [4.69, 9.17) is 5.11 Å². The van der Waals surface area contributed by atoms with Crippen LogP contribution in [0.2, 0.25) is 0 Å². The first kappa shape index (κ1) is 16.6. The van der Waals surface area contributed by atoms with Crippen LogP contribution < -0.4 is 0 Å². The van der Waals surface area contributed by atoms with Gasteiger partial charge in [0.1, 0.15) is 5.75 Å². The highest BCUT2D eigenvalue weighted by Gasteiger charge is 2.10. The lowest BCUT2D eigenvalue weighted by molar-refractivity contribution is 0.475. The van der Waals surface area contributed by atoms with Crippen LogP contribution in [0.15, 0.2) is 42.5 Å². The highest BCUT2D eigenvalue weighted by atomic mass is 16.3. The average molecular weight is 296 g/mol. The molecule has 0 radical (unpaired) electrons. The molecule has 0 fully saturated rings. The van der Waals surface area contributed by atoms with Crippen molar-refractivity contribution in [1.82, 2.24) is 0 Å². The van der Waals surface area contributed by atoms with Gasteiger partial charge in [0.2, 0.25) is 0 Å². The van der Waals surface area contributed by atoms with E-state index in [1.54, 1.807) is 12.1 Å². The fourth-order valence-electron chi connectivity index (χ4n) is 2.69. The Morgan fingerprint density at radius 3 is 1.91 bits per heavy atom. The van der Waals surface area contributed by atoms with Crippen LogP contribution in [-0.4, -0.2) is 5.11 Å². The van der Waals surface area contributed by atoms with Crippen LogP contribution in [0.1, 0.15) is 56.6 Å². The van der Waals surface area contributed by atoms with Crippen LogP contribution in [0.4, 0.5) is 0 Å². The zero-order chi connectivity index (χ0) is 15.8. The monoisotopic (exact) mass is 296 g/mol. The van der Waals surface area contributed by atoms with Crippen LogP contribution in [-0.2, 0) is 6.42 Å². The van der Waals surface area contributed by atoms with Gasteiger partial charge in [-0.3, -0.25) is 0 Å². The molecule has 118 valence electrons. The van der Waals surface area contributed by atoms with Crippen molar-refractivity contribution in [2.75, 3.05) is 0 Å². The fourth-order valence-corrected chi connectivity index (χ4v) is 2.69. The minimum Gasteiger partial charge on any atom is -0.508 e. The molecule has 0 atom stereocenters. The topological polar surface area (TPSA) is 20.2 Å². The maximum Gasteiger partial charge on any atom is 0.115 e. The molecule has 0 unspecified atom stereocenters. The molecule has 1 N–H and O–H groups in total. The van der Waals surface area contributed by atoms with Gasteiger partial charge in [-0.05, 0) is 60.2 Å². The lowest BCUT2D eigenvalue weighted by Crippen LogP contribution is -1.85. The first-order chi connectivity index (χ1) is 10.7. The molecule has 0 spiro atoms. The SMILES string of the molecule is CCCCCCCCc1ccc(O)cc1.Cc1cc2cc-2c1. The van der Waals surface area contributed by atoms with Crippen LogP contribution in [0.25, 0.3) is 11.1 Å². The molecule has 0 saturated heterocycles.